The zero-order valence-electron chi connectivity index (χ0n) is 7.09. The highest BCUT2D eigenvalue weighted by atomic mass is 14.9. The van der Waals surface area contributed by atoms with E-state index in [2.05, 4.69) is 16.4 Å². The fraction of sp³-hybridized carbons (Fsp3) is 0.500. The van der Waals surface area contributed by atoms with Gasteiger partial charge in [0, 0.05) is 25.0 Å². The van der Waals surface area contributed by atoms with Gasteiger partial charge >= 0.3 is 0 Å². The van der Waals surface area contributed by atoms with E-state index in [0.717, 1.165) is 18.2 Å². The van der Waals surface area contributed by atoms with Crippen LogP contribution in [-0.4, -0.2) is 11.5 Å². The van der Waals surface area contributed by atoms with Gasteiger partial charge in [-0.3, -0.25) is 4.98 Å². The Morgan fingerprint density at radius 3 is 3.08 bits per heavy atom. The molecule has 1 saturated carbocycles. The van der Waals surface area contributed by atoms with E-state index in [1.807, 2.05) is 12.3 Å². The first-order valence-electron chi connectivity index (χ1n) is 4.50. The van der Waals surface area contributed by atoms with Crippen molar-refractivity contribution in [1.29, 1.82) is 0 Å². The zero-order valence-corrected chi connectivity index (χ0v) is 7.09. The van der Waals surface area contributed by atoms with Gasteiger partial charge in [-0.1, -0.05) is 6.42 Å². The van der Waals surface area contributed by atoms with Gasteiger partial charge in [-0.2, -0.15) is 0 Å². The molecule has 0 saturated heterocycles. The fourth-order valence-electron chi connectivity index (χ4n) is 1.38. The minimum absolute atomic E-state index is 0.894. The standard InChI is InChI=1S/C10H13N2/c1-3-9(4-1)7-12-10-5-2-6-11-8-10/h5-6,8-9,12H,1,3-4,7H2. The van der Waals surface area contributed by atoms with E-state index in [-0.39, 0.29) is 0 Å². The summed E-state index contributed by atoms with van der Waals surface area (Å²) >= 11 is 0. The number of hydrogen-bond acceptors (Lipinski definition) is 2. The highest BCUT2D eigenvalue weighted by Crippen LogP contribution is 2.26. The third kappa shape index (κ3) is 1.76. The van der Waals surface area contributed by atoms with Gasteiger partial charge in [0.05, 0.1) is 5.69 Å². The van der Waals surface area contributed by atoms with E-state index >= 15 is 0 Å². The molecule has 1 heterocycles. The molecule has 1 aromatic heterocycles. The monoisotopic (exact) mass is 161 g/mol. The lowest BCUT2D eigenvalue weighted by atomic mass is 9.85. The first-order valence-corrected chi connectivity index (χ1v) is 4.50. The lowest BCUT2D eigenvalue weighted by Crippen LogP contribution is -2.20. The molecule has 2 heteroatoms. The molecule has 1 fully saturated rings. The van der Waals surface area contributed by atoms with Gasteiger partial charge in [-0.15, -0.1) is 0 Å². The number of hydrogen-bond donors (Lipinski definition) is 1. The number of nitrogens with zero attached hydrogens (tertiary/aromatic N) is 1. The second-order valence-electron chi connectivity index (χ2n) is 3.35. The smallest absolute Gasteiger partial charge is 0.0533 e. The lowest BCUT2D eigenvalue weighted by molar-refractivity contribution is 0.333. The SMILES string of the molecule is [c]1cncc(NCC2CCC2)c1. The number of nitrogens with one attached hydrogen (secondary N) is 1. The van der Waals surface area contributed by atoms with Crippen LogP contribution in [0.2, 0.25) is 0 Å². The van der Waals surface area contributed by atoms with Crippen LogP contribution in [0.15, 0.2) is 18.5 Å². The molecule has 12 heavy (non-hydrogen) atoms. The lowest BCUT2D eigenvalue weighted by Gasteiger charge is -2.25. The molecule has 0 atom stereocenters. The van der Waals surface area contributed by atoms with Crippen molar-refractivity contribution in [3.05, 3.63) is 24.5 Å². The van der Waals surface area contributed by atoms with E-state index in [0.29, 0.717) is 0 Å². The first-order chi connectivity index (χ1) is 5.95. The Morgan fingerprint density at radius 2 is 2.50 bits per heavy atom. The van der Waals surface area contributed by atoms with E-state index < -0.39 is 0 Å². The molecule has 2 rings (SSSR count). The Balaban J connectivity index is 1.79. The van der Waals surface area contributed by atoms with Crippen molar-refractivity contribution in [3.63, 3.8) is 0 Å². The van der Waals surface area contributed by atoms with Crippen molar-refractivity contribution in [2.24, 2.45) is 5.92 Å². The number of aromatic nitrogens is 1. The molecule has 0 aromatic carbocycles. The van der Waals surface area contributed by atoms with Crippen LogP contribution < -0.4 is 5.32 Å². The van der Waals surface area contributed by atoms with Crippen LogP contribution >= 0.6 is 0 Å². The highest BCUT2D eigenvalue weighted by molar-refractivity contribution is 5.39. The van der Waals surface area contributed by atoms with E-state index in [1.54, 1.807) is 6.20 Å². The molecular formula is C10H13N2. The van der Waals surface area contributed by atoms with Crippen molar-refractivity contribution in [2.45, 2.75) is 19.3 Å². The minimum atomic E-state index is 0.894. The molecule has 1 aromatic rings. The summed E-state index contributed by atoms with van der Waals surface area (Å²) in [5.41, 5.74) is 1.09. The topological polar surface area (TPSA) is 24.9 Å². The van der Waals surface area contributed by atoms with Gasteiger partial charge in [0.2, 0.25) is 0 Å². The van der Waals surface area contributed by atoms with Gasteiger partial charge in [-0.05, 0) is 24.8 Å². The minimum Gasteiger partial charge on any atom is -0.384 e. The predicted molar refractivity (Wildman–Crippen MR) is 48.9 cm³/mol. The Kier molecular flexibility index (Phi) is 2.26. The summed E-state index contributed by atoms with van der Waals surface area (Å²) in [4.78, 5) is 3.99. The molecule has 0 unspecified atom stereocenters. The van der Waals surface area contributed by atoms with Gasteiger partial charge in [0.1, 0.15) is 0 Å². The normalized spacial score (nSPS) is 17.0. The molecule has 1 radical (unpaired) electrons. The third-order valence-electron chi connectivity index (χ3n) is 2.42. The molecule has 0 amide bonds. The van der Waals surface area contributed by atoms with E-state index in [9.17, 15) is 0 Å². The maximum absolute atomic E-state index is 3.99. The third-order valence-corrected chi connectivity index (χ3v) is 2.42. The molecule has 1 aliphatic carbocycles. The van der Waals surface area contributed by atoms with Gasteiger partial charge < -0.3 is 5.32 Å². The van der Waals surface area contributed by atoms with Crippen molar-refractivity contribution in [3.8, 4) is 0 Å². The number of anilines is 1. The second kappa shape index (κ2) is 3.57. The van der Waals surface area contributed by atoms with Crippen LogP contribution in [-0.2, 0) is 0 Å². The zero-order chi connectivity index (χ0) is 8.23. The van der Waals surface area contributed by atoms with Crippen molar-refractivity contribution < 1.29 is 0 Å². The van der Waals surface area contributed by atoms with Gasteiger partial charge in [0.15, 0.2) is 0 Å². The molecule has 1 N–H and O–H groups in total. The Morgan fingerprint density at radius 1 is 1.58 bits per heavy atom. The van der Waals surface area contributed by atoms with Crippen LogP contribution in [0.4, 0.5) is 5.69 Å². The molecule has 0 bridgehead atoms. The molecule has 2 nitrogen and oxygen atoms in total. The van der Waals surface area contributed by atoms with Crippen molar-refractivity contribution >= 4 is 5.69 Å². The Bertz CT molecular complexity index is 229. The average Bonchev–Trinajstić information content (AvgIpc) is 2.04. The van der Waals surface area contributed by atoms with E-state index in [1.165, 1.54) is 19.3 Å². The molecule has 0 aliphatic heterocycles. The maximum atomic E-state index is 3.99. The van der Waals surface area contributed by atoms with Gasteiger partial charge in [0.25, 0.3) is 0 Å². The predicted octanol–water partition coefficient (Wildman–Crippen LogP) is 2.09. The first kappa shape index (κ1) is 7.59. The fourth-order valence-corrected chi connectivity index (χ4v) is 1.38. The molecule has 0 spiro atoms. The summed E-state index contributed by atoms with van der Waals surface area (Å²) in [5, 5.41) is 3.35. The summed E-state index contributed by atoms with van der Waals surface area (Å²) in [5.74, 6) is 0.894. The van der Waals surface area contributed by atoms with Gasteiger partial charge in [-0.25, -0.2) is 0 Å². The molecule has 63 valence electrons. The summed E-state index contributed by atoms with van der Waals surface area (Å²) in [6.45, 7) is 1.10. The van der Waals surface area contributed by atoms with Crippen molar-refractivity contribution in [2.75, 3.05) is 11.9 Å². The number of pyridine rings is 1. The van der Waals surface area contributed by atoms with Crippen LogP contribution in [0.25, 0.3) is 0 Å². The quantitative estimate of drug-likeness (QED) is 0.734. The second-order valence-corrected chi connectivity index (χ2v) is 3.35. The summed E-state index contributed by atoms with van der Waals surface area (Å²) in [7, 11) is 0. The summed E-state index contributed by atoms with van der Waals surface area (Å²) < 4.78 is 0. The van der Waals surface area contributed by atoms with E-state index in [4.69, 9.17) is 0 Å². The summed E-state index contributed by atoms with van der Waals surface area (Å²) in [6.07, 6.45) is 7.70. The van der Waals surface area contributed by atoms with Crippen LogP contribution in [0.1, 0.15) is 19.3 Å². The summed E-state index contributed by atoms with van der Waals surface area (Å²) in [6, 6.07) is 4.88. The average molecular weight is 161 g/mol. The molecular weight excluding hydrogens is 148 g/mol. The van der Waals surface area contributed by atoms with Crippen molar-refractivity contribution in [1.82, 2.24) is 4.98 Å². The Labute approximate surface area is 73.0 Å². The number of rotatable bonds is 3. The Hall–Kier alpha value is -1.05. The highest BCUT2D eigenvalue weighted by Gasteiger charge is 2.16. The van der Waals surface area contributed by atoms with Crippen LogP contribution in [0, 0.1) is 12.0 Å². The largest absolute Gasteiger partial charge is 0.384 e. The molecule has 1 aliphatic rings. The van der Waals surface area contributed by atoms with Crippen LogP contribution in [0.5, 0.6) is 0 Å². The maximum Gasteiger partial charge on any atom is 0.0533 e. The van der Waals surface area contributed by atoms with Crippen LogP contribution in [0.3, 0.4) is 0 Å².